The van der Waals surface area contributed by atoms with E-state index in [1.165, 1.54) is 6.26 Å². The Hall–Kier alpha value is -4.86. The number of rotatable bonds is 7. The normalized spacial score (nSPS) is 15.3. The maximum Gasteiger partial charge on any atom is 0.339 e. The number of aryl methyl sites for hydroxylation is 1. The number of furan rings is 2. The Morgan fingerprint density at radius 3 is 2.62 bits per heavy atom. The zero-order valence-electron chi connectivity index (χ0n) is 20.1. The van der Waals surface area contributed by atoms with Gasteiger partial charge in [0.05, 0.1) is 35.2 Å². The van der Waals surface area contributed by atoms with Crippen molar-refractivity contribution in [3.63, 3.8) is 0 Å². The lowest BCUT2D eigenvalue weighted by Gasteiger charge is -2.27. The predicted molar refractivity (Wildman–Crippen MR) is 131 cm³/mol. The van der Waals surface area contributed by atoms with E-state index in [0.29, 0.717) is 33.9 Å². The van der Waals surface area contributed by atoms with Crippen LogP contribution in [0.5, 0.6) is 0 Å². The third-order valence-corrected chi connectivity index (χ3v) is 5.75. The van der Waals surface area contributed by atoms with Gasteiger partial charge in [0.1, 0.15) is 29.9 Å². The maximum atomic E-state index is 13.3. The highest BCUT2D eigenvalue weighted by Gasteiger charge is 2.36. The van der Waals surface area contributed by atoms with Gasteiger partial charge in [0.15, 0.2) is 5.76 Å². The lowest BCUT2D eigenvalue weighted by molar-refractivity contribution is -0.139. The molecule has 0 saturated carbocycles. The number of hydrogen-bond donors (Lipinski definition) is 2. The van der Waals surface area contributed by atoms with Crippen molar-refractivity contribution in [2.45, 2.75) is 19.9 Å². The molecule has 1 aromatic carbocycles. The van der Waals surface area contributed by atoms with Crippen molar-refractivity contribution < 1.29 is 32.7 Å². The summed E-state index contributed by atoms with van der Waals surface area (Å²) >= 11 is 0. The van der Waals surface area contributed by atoms with Crippen molar-refractivity contribution >= 4 is 28.9 Å². The van der Waals surface area contributed by atoms with E-state index in [9.17, 15) is 14.4 Å². The van der Waals surface area contributed by atoms with Gasteiger partial charge < -0.3 is 28.9 Å². The minimum Gasteiger partial charge on any atom is -0.467 e. The average molecular weight is 501 g/mol. The fourth-order valence-electron chi connectivity index (χ4n) is 4.11. The number of nitrogens with zero attached hydrogens (tertiary/aromatic N) is 1. The van der Waals surface area contributed by atoms with Crippen LogP contribution in [0.2, 0.25) is 0 Å². The quantitative estimate of drug-likeness (QED) is 0.356. The second kappa shape index (κ2) is 10.0. The summed E-state index contributed by atoms with van der Waals surface area (Å²) in [7, 11) is 0. The fraction of sp³-hybridized carbons (Fsp3) is 0.185. The fourth-order valence-corrected chi connectivity index (χ4v) is 4.11. The van der Waals surface area contributed by atoms with Crippen LogP contribution >= 0.6 is 0 Å². The van der Waals surface area contributed by atoms with Crippen molar-refractivity contribution in [2.75, 3.05) is 13.2 Å². The number of hydrogen-bond acceptors (Lipinski definition) is 8. The smallest absolute Gasteiger partial charge is 0.339 e. The van der Waals surface area contributed by atoms with Crippen LogP contribution < -0.4 is 10.6 Å². The van der Waals surface area contributed by atoms with Crippen LogP contribution in [0, 0.1) is 6.92 Å². The molecule has 0 saturated heterocycles. The van der Waals surface area contributed by atoms with E-state index in [0.717, 1.165) is 0 Å². The maximum absolute atomic E-state index is 13.3. The first kappa shape index (κ1) is 23.9. The van der Waals surface area contributed by atoms with Crippen LogP contribution in [0.4, 0.5) is 4.79 Å². The molecular formula is C27H23N3O7. The summed E-state index contributed by atoms with van der Waals surface area (Å²) in [5.41, 5.74) is 1.49. The highest BCUT2D eigenvalue weighted by Crippen LogP contribution is 2.30. The molecular weight excluding hydrogens is 478 g/mol. The number of urea groups is 1. The average Bonchev–Trinajstić information content (AvgIpc) is 3.58. The topological polar surface area (TPSA) is 133 Å². The van der Waals surface area contributed by atoms with Crippen molar-refractivity contribution in [3.8, 4) is 11.5 Å². The summed E-state index contributed by atoms with van der Waals surface area (Å²) in [6.07, 6.45) is 1.43. The van der Waals surface area contributed by atoms with Gasteiger partial charge in [-0.05, 0) is 50.2 Å². The Labute approximate surface area is 211 Å². The van der Waals surface area contributed by atoms with Gasteiger partial charge >= 0.3 is 18.0 Å². The van der Waals surface area contributed by atoms with Crippen LogP contribution in [0.3, 0.4) is 0 Å². The van der Waals surface area contributed by atoms with Gasteiger partial charge in [-0.15, -0.1) is 0 Å². The highest BCUT2D eigenvalue weighted by atomic mass is 16.5. The number of carbonyl (C=O) groups excluding carboxylic acids is 3. The lowest BCUT2D eigenvalue weighted by atomic mass is 10.0. The number of benzene rings is 1. The number of nitrogens with one attached hydrogen (secondary N) is 2. The van der Waals surface area contributed by atoms with Crippen molar-refractivity contribution in [1.29, 1.82) is 0 Å². The number of amides is 2. The summed E-state index contributed by atoms with van der Waals surface area (Å²) in [5, 5.41) is 5.80. The molecule has 1 aliphatic heterocycles. The molecule has 10 heteroatoms. The molecule has 0 spiro atoms. The first-order valence-electron chi connectivity index (χ1n) is 11.6. The zero-order chi connectivity index (χ0) is 25.9. The third kappa shape index (κ3) is 4.81. The minimum absolute atomic E-state index is 0.0792. The molecule has 1 atom stereocenters. The molecule has 0 radical (unpaired) electrons. The van der Waals surface area contributed by atoms with E-state index in [1.54, 1.807) is 49.4 Å². The Morgan fingerprint density at radius 2 is 1.89 bits per heavy atom. The molecule has 4 aromatic rings. The van der Waals surface area contributed by atoms with Crippen molar-refractivity contribution in [2.24, 2.45) is 0 Å². The van der Waals surface area contributed by atoms with Gasteiger partial charge in [0, 0.05) is 5.39 Å². The molecule has 10 nitrogen and oxygen atoms in total. The molecule has 0 bridgehead atoms. The molecule has 188 valence electrons. The number of esters is 2. The summed E-state index contributed by atoms with van der Waals surface area (Å²) < 4.78 is 21.9. The van der Waals surface area contributed by atoms with E-state index in [4.69, 9.17) is 18.3 Å². The summed E-state index contributed by atoms with van der Waals surface area (Å²) in [6, 6.07) is 14.1. The van der Waals surface area contributed by atoms with Gasteiger partial charge in [-0.1, -0.05) is 18.2 Å². The monoisotopic (exact) mass is 501 g/mol. The van der Waals surface area contributed by atoms with Crippen molar-refractivity contribution in [3.05, 3.63) is 89.2 Å². The number of fused-ring (bicyclic) bond motifs is 1. The van der Waals surface area contributed by atoms with Gasteiger partial charge in [0.2, 0.25) is 0 Å². The second-order valence-corrected chi connectivity index (χ2v) is 8.22. The number of para-hydroxylation sites is 1. The largest absolute Gasteiger partial charge is 0.467 e. The molecule has 1 unspecified atom stereocenters. The second-order valence-electron chi connectivity index (χ2n) is 8.22. The molecule has 4 heterocycles. The van der Waals surface area contributed by atoms with Gasteiger partial charge in [-0.3, -0.25) is 0 Å². The van der Waals surface area contributed by atoms with Crippen LogP contribution in [0.15, 0.2) is 81.0 Å². The van der Waals surface area contributed by atoms with Gasteiger partial charge in [0.25, 0.3) is 0 Å². The molecule has 2 amide bonds. The SMILES string of the molecule is CCOC(=O)C1=C(COC(=O)c2cc(-c3ccc(C)o3)nc3ccccc23)NC(=O)NC1c1ccco1. The third-order valence-electron chi connectivity index (χ3n) is 5.75. The zero-order valence-corrected chi connectivity index (χ0v) is 20.1. The standard InChI is InChI=1S/C27H23N3O7/c1-3-34-26(32)23-20(29-27(33)30-24(23)22-9-6-12-35-22)14-36-25(31)17-13-19(21-11-10-15(2)37-21)28-18-8-5-4-7-16(17)18/h4-13,24H,3,14H2,1-2H3,(H2,29,30,33). The van der Waals surface area contributed by atoms with E-state index in [1.807, 2.05) is 19.1 Å². The summed E-state index contributed by atoms with van der Waals surface area (Å²) in [6.45, 7) is 3.22. The van der Waals surface area contributed by atoms with Gasteiger partial charge in [-0.25, -0.2) is 19.4 Å². The Morgan fingerprint density at radius 1 is 1.05 bits per heavy atom. The van der Waals surface area contributed by atoms with E-state index in [-0.39, 0.29) is 30.0 Å². The number of ether oxygens (including phenoxy) is 2. The van der Waals surface area contributed by atoms with Crippen LogP contribution in [0.25, 0.3) is 22.4 Å². The summed E-state index contributed by atoms with van der Waals surface area (Å²) in [5.74, 6) is 0.213. The lowest BCUT2D eigenvalue weighted by Crippen LogP contribution is -2.47. The Kier molecular flexibility index (Phi) is 6.46. The minimum atomic E-state index is -0.910. The van der Waals surface area contributed by atoms with Crippen LogP contribution in [-0.4, -0.2) is 36.2 Å². The van der Waals surface area contributed by atoms with E-state index >= 15 is 0 Å². The Bertz CT molecular complexity index is 1520. The molecule has 0 aliphatic carbocycles. The van der Waals surface area contributed by atoms with Crippen molar-refractivity contribution in [1.82, 2.24) is 15.6 Å². The van der Waals surface area contributed by atoms with E-state index < -0.39 is 24.0 Å². The molecule has 3 aromatic heterocycles. The first-order valence-corrected chi connectivity index (χ1v) is 11.6. The number of carbonyl (C=O) groups is 3. The van der Waals surface area contributed by atoms with Gasteiger partial charge in [-0.2, -0.15) is 0 Å². The van der Waals surface area contributed by atoms with Crippen LogP contribution in [0.1, 0.15) is 34.8 Å². The highest BCUT2D eigenvalue weighted by molar-refractivity contribution is 6.04. The molecule has 5 rings (SSSR count). The molecule has 37 heavy (non-hydrogen) atoms. The molecule has 0 fully saturated rings. The Balaban J connectivity index is 1.49. The molecule has 2 N–H and O–H groups in total. The molecule has 1 aliphatic rings. The predicted octanol–water partition coefficient (Wildman–Crippen LogP) is 4.42. The first-order chi connectivity index (χ1) is 17.9. The van der Waals surface area contributed by atoms with E-state index in [2.05, 4.69) is 15.6 Å². The van der Waals surface area contributed by atoms with Crippen LogP contribution in [-0.2, 0) is 14.3 Å². The number of pyridine rings is 1. The number of aromatic nitrogens is 1. The summed E-state index contributed by atoms with van der Waals surface area (Å²) in [4.78, 5) is 43.2.